The van der Waals surface area contributed by atoms with Gasteiger partial charge in [0.15, 0.2) is 0 Å². The summed E-state index contributed by atoms with van der Waals surface area (Å²) in [6.07, 6.45) is 3.72. The third-order valence-corrected chi connectivity index (χ3v) is 4.11. The van der Waals surface area contributed by atoms with Gasteiger partial charge < -0.3 is 10.6 Å². The van der Waals surface area contributed by atoms with Crippen LogP contribution in [0, 0.1) is 12.8 Å². The number of nitrogens with zero attached hydrogens (tertiary/aromatic N) is 1. The van der Waals surface area contributed by atoms with Gasteiger partial charge in [-0.05, 0) is 44.7 Å². The van der Waals surface area contributed by atoms with Crippen molar-refractivity contribution in [3.05, 3.63) is 35.4 Å². The molecule has 0 saturated heterocycles. The zero-order chi connectivity index (χ0) is 15.7. The highest BCUT2D eigenvalue weighted by Gasteiger charge is 2.14. The molecule has 1 unspecified atom stereocenters. The summed E-state index contributed by atoms with van der Waals surface area (Å²) in [6.45, 7) is 8.50. The summed E-state index contributed by atoms with van der Waals surface area (Å²) in [5.74, 6) is 0.839. The average Bonchev–Trinajstić information content (AvgIpc) is 2.48. The lowest BCUT2D eigenvalue weighted by Gasteiger charge is -2.22. The van der Waals surface area contributed by atoms with Gasteiger partial charge in [0, 0.05) is 19.5 Å². The maximum atomic E-state index is 12.4. The lowest BCUT2D eigenvalue weighted by atomic mass is 9.96. The lowest BCUT2D eigenvalue weighted by molar-refractivity contribution is -0.131. The summed E-state index contributed by atoms with van der Waals surface area (Å²) in [7, 11) is 0. The molecule has 1 atom stereocenters. The second-order valence-electron chi connectivity index (χ2n) is 5.79. The number of rotatable bonds is 9. The minimum Gasteiger partial charge on any atom is -0.339 e. The third kappa shape index (κ3) is 6.30. The molecule has 3 heteroatoms. The van der Waals surface area contributed by atoms with Crippen molar-refractivity contribution in [2.24, 2.45) is 11.7 Å². The minimum absolute atomic E-state index is 0.259. The first-order valence-corrected chi connectivity index (χ1v) is 8.14. The van der Waals surface area contributed by atoms with Crippen LogP contribution in [0.5, 0.6) is 0 Å². The van der Waals surface area contributed by atoms with Gasteiger partial charge in [-0.25, -0.2) is 0 Å². The topological polar surface area (TPSA) is 46.3 Å². The number of carbonyl (C=O) groups excluding carboxylic acids is 1. The standard InChI is InChI=1S/C18H30N2O/c1-4-16(11-12-19)9-10-18(21)20(5-2)14-17-8-6-7-15(3)13-17/h6-8,13,16H,4-5,9-12,14,19H2,1-3H3. The molecule has 1 rings (SSSR count). The van der Waals surface area contributed by atoms with Gasteiger partial charge in [-0.1, -0.05) is 43.2 Å². The van der Waals surface area contributed by atoms with Crippen LogP contribution in [-0.2, 0) is 11.3 Å². The maximum absolute atomic E-state index is 12.4. The van der Waals surface area contributed by atoms with Crippen LogP contribution in [0.25, 0.3) is 0 Å². The van der Waals surface area contributed by atoms with Crippen molar-refractivity contribution >= 4 is 5.91 Å². The van der Waals surface area contributed by atoms with Crippen LogP contribution in [0.15, 0.2) is 24.3 Å². The first-order valence-electron chi connectivity index (χ1n) is 8.14. The van der Waals surface area contributed by atoms with Crippen LogP contribution in [0.1, 0.15) is 50.7 Å². The van der Waals surface area contributed by atoms with E-state index in [0.29, 0.717) is 25.4 Å². The van der Waals surface area contributed by atoms with E-state index in [9.17, 15) is 4.79 Å². The smallest absolute Gasteiger partial charge is 0.222 e. The summed E-state index contributed by atoms with van der Waals surface area (Å²) in [5.41, 5.74) is 8.07. The lowest BCUT2D eigenvalue weighted by Crippen LogP contribution is -2.30. The maximum Gasteiger partial charge on any atom is 0.222 e. The third-order valence-electron chi connectivity index (χ3n) is 4.11. The minimum atomic E-state index is 0.259. The molecule has 0 aliphatic rings. The largest absolute Gasteiger partial charge is 0.339 e. The average molecular weight is 290 g/mol. The van der Waals surface area contributed by atoms with Crippen molar-refractivity contribution in [3.8, 4) is 0 Å². The van der Waals surface area contributed by atoms with Crippen LogP contribution in [0.3, 0.4) is 0 Å². The molecular formula is C18H30N2O. The molecule has 0 aliphatic heterocycles. The number of hydrogen-bond donors (Lipinski definition) is 1. The molecule has 0 fully saturated rings. The SMILES string of the molecule is CCC(CCN)CCC(=O)N(CC)Cc1cccc(C)c1. The van der Waals surface area contributed by atoms with Crippen LogP contribution in [-0.4, -0.2) is 23.9 Å². The highest BCUT2D eigenvalue weighted by Crippen LogP contribution is 2.16. The molecule has 3 nitrogen and oxygen atoms in total. The molecule has 0 aliphatic carbocycles. The molecule has 2 N–H and O–H groups in total. The number of carbonyl (C=O) groups is 1. The zero-order valence-corrected chi connectivity index (χ0v) is 13.8. The normalized spacial score (nSPS) is 12.2. The van der Waals surface area contributed by atoms with Crippen LogP contribution in [0.4, 0.5) is 0 Å². The Labute approximate surface area is 129 Å². The summed E-state index contributed by atoms with van der Waals surface area (Å²) in [4.78, 5) is 14.3. The first kappa shape index (κ1) is 17.7. The number of nitrogens with two attached hydrogens (primary N) is 1. The van der Waals surface area contributed by atoms with Crippen molar-refractivity contribution in [2.45, 2.75) is 53.0 Å². The van der Waals surface area contributed by atoms with E-state index in [1.165, 1.54) is 11.1 Å². The fraction of sp³-hybridized carbons (Fsp3) is 0.611. The highest BCUT2D eigenvalue weighted by atomic mass is 16.2. The van der Waals surface area contributed by atoms with Crippen molar-refractivity contribution in [3.63, 3.8) is 0 Å². The number of benzene rings is 1. The molecule has 118 valence electrons. The molecule has 0 spiro atoms. The molecule has 1 amide bonds. The van der Waals surface area contributed by atoms with Gasteiger partial charge in [-0.3, -0.25) is 4.79 Å². The predicted octanol–water partition coefficient (Wildman–Crippen LogP) is 3.50. The van der Waals surface area contributed by atoms with Gasteiger partial charge in [0.1, 0.15) is 0 Å². The van der Waals surface area contributed by atoms with E-state index in [0.717, 1.165) is 25.8 Å². The number of aryl methyl sites for hydroxylation is 1. The van der Waals surface area contributed by atoms with E-state index in [1.54, 1.807) is 0 Å². The fourth-order valence-electron chi connectivity index (χ4n) is 2.68. The Kier molecular flexibility index (Phi) is 8.06. The number of hydrogen-bond acceptors (Lipinski definition) is 2. The van der Waals surface area contributed by atoms with E-state index in [2.05, 4.69) is 38.1 Å². The van der Waals surface area contributed by atoms with Crippen LogP contribution in [0.2, 0.25) is 0 Å². The van der Waals surface area contributed by atoms with Gasteiger partial charge >= 0.3 is 0 Å². The Bertz CT molecular complexity index is 431. The van der Waals surface area contributed by atoms with Gasteiger partial charge in [-0.15, -0.1) is 0 Å². The van der Waals surface area contributed by atoms with E-state index in [-0.39, 0.29) is 5.91 Å². The summed E-state index contributed by atoms with van der Waals surface area (Å²) >= 11 is 0. The van der Waals surface area contributed by atoms with Crippen LogP contribution >= 0.6 is 0 Å². The Morgan fingerprint density at radius 2 is 2.05 bits per heavy atom. The Morgan fingerprint density at radius 1 is 1.29 bits per heavy atom. The Hall–Kier alpha value is -1.35. The molecule has 0 bridgehead atoms. The van der Waals surface area contributed by atoms with E-state index in [4.69, 9.17) is 5.73 Å². The molecule has 0 saturated carbocycles. The monoisotopic (exact) mass is 290 g/mol. The van der Waals surface area contributed by atoms with Gasteiger partial charge in [0.2, 0.25) is 5.91 Å². The summed E-state index contributed by atoms with van der Waals surface area (Å²) < 4.78 is 0. The summed E-state index contributed by atoms with van der Waals surface area (Å²) in [5, 5.41) is 0. The second-order valence-corrected chi connectivity index (χ2v) is 5.79. The molecule has 21 heavy (non-hydrogen) atoms. The molecule has 0 radical (unpaired) electrons. The molecule has 1 aromatic rings. The number of amides is 1. The highest BCUT2D eigenvalue weighted by molar-refractivity contribution is 5.76. The molecule has 0 heterocycles. The van der Waals surface area contributed by atoms with E-state index >= 15 is 0 Å². The van der Waals surface area contributed by atoms with Crippen molar-refractivity contribution in [1.82, 2.24) is 4.90 Å². The Balaban J connectivity index is 2.53. The van der Waals surface area contributed by atoms with Crippen molar-refractivity contribution in [1.29, 1.82) is 0 Å². The van der Waals surface area contributed by atoms with Crippen molar-refractivity contribution < 1.29 is 4.79 Å². The van der Waals surface area contributed by atoms with E-state index in [1.807, 2.05) is 11.8 Å². The van der Waals surface area contributed by atoms with E-state index < -0.39 is 0 Å². The summed E-state index contributed by atoms with van der Waals surface area (Å²) in [6, 6.07) is 8.38. The quantitative estimate of drug-likeness (QED) is 0.756. The zero-order valence-electron chi connectivity index (χ0n) is 13.8. The van der Waals surface area contributed by atoms with Crippen LogP contribution < -0.4 is 5.73 Å². The molecule has 1 aromatic carbocycles. The van der Waals surface area contributed by atoms with Gasteiger partial charge in [0.05, 0.1) is 0 Å². The first-order chi connectivity index (χ1) is 10.1. The molecule has 0 aromatic heterocycles. The second kappa shape index (κ2) is 9.56. The van der Waals surface area contributed by atoms with Gasteiger partial charge in [0.25, 0.3) is 0 Å². The van der Waals surface area contributed by atoms with Crippen molar-refractivity contribution in [2.75, 3.05) is 13.1 Å². The Morgan fingerprint density at radius 3 is 2.62 bits per heavy atom. The van der Waals surface area contributed by atoms with Gasteiger partial charge in [-0.2, -0.15) is 0 Å². The predicted molar refractivity (Wildman–Crippen MR) is 89.0 cm³/mol. The molecular weight excluding hydrogens is 260 g/mol. The fourth-order valence-corrected chi connectivity index (χ4v) is 2.68.